The molecule has 1 saturated carbocycles. The van der Waals surface area contributed by atoms with E-state index in [9.17, 15) is 18.0 Å². The number of carbonyl (C=O) groups excluding carboxylic acids is 2. The molecule has 3 rings (SSSR count). The van der Waals surface area contributed by atoms with Gasteiger partial charge in [-0.1, -0.05) is 26.7 Å². The highest BCUT2D eigenvalue weighted by molar-refractivity contribution is 7.91. The molecule has 2 amide bonds. The Bertz CT molecular complexity index is 650. The van der Waals surface area contributed by atoms with Gasteiger partial charge >= 0.3 is 0 Å². The summed E-state index contributed by atoms with van der Waals surface area (Å²) >= 11 is 0. The average Bonchev–Trinajstić information content (AvgIpc) is 3.25. The van der Waals surface area contributed by atoms with Gasteiger partial charge in [0.15, 0.2) is 9.84 Å². The van der Waals surface area contributed by atoms with Crippen molar-refractivity contribution in [3.05, 3.63) is 0 Å². The number of amides is 2. The standard InChI is InChI=1S/C19H33N3O4S/c1-15(2)19(24)21-10-8-20(9-11-21)13-18(23)22(16-5-3-4-6-16)17-7-12-27(25,26)14-17/h15-17H,3-14H2,1-2H3. The summed E-state index contributed by atoms with van der Waals surface area (Å²) in [5, 5.41) is 0. The molecule has 0 aromatic rings. The molecule has 7 nitrogen and oxygen atoms in total. The summed E-state index contributed by atoms with van der Waals surface area (Å²) in [6.07, 6.45) is 4.77. The van der Waals surface area contributed by atoms with Crippen LogP contribution in [-0.4, -0.2) is 91.2 Å². The number of piperazine rings is 1. The van der Waals surface area contributed by atoms with Gasteiger partial charge < -0.3 is 9.80 Å². The molecule has 0 radical (unpaired) electrons. The van der Waals surface area contributed by atoms with Gasteiger partial charge in [-0.05, 0) is 19.3 Å². The van der Waals surface area contributed by atoms with E-state index < -0.39 is 9.84 Å². The van der Waals surface area contributed by atoms with Gasteiger partial charge in [-0.15, -0.1) is 0 Å². The van der Waals surface area contributed by atoms with E-state index in [1.807, 2.05) is 23.6 Å². The third-order valence-corrected chi connectivity index (χ3v) is 7.89. The molecule has 3 fully saturated rings. The highest BCUT2D eigenvalue weighted by Gasteiger charge is 2.39. The fourth-order valence-electron chi connectivity index (χ4n) is 4.65. The highest BCUT2D eigenvalue weighted by Crippen LogP contribution is 2.29. The second-order valence-corrected chi connectivity index (χ2v) is 10.8. The first-order valence-electron chi connectivity index (χ1n) is 10.3. The summed E-state index contributed by atoms with van der Waals surface area (Å²) in [4.78, 5) is 31.2. The van der Waals surface area contributed by atoms with Gasteiger partial charge in [-0.25, -0.2) is 8.42 Å². The van der Waals surface area contributed by atoms with Crippen molar-refractivity contribution in [2.45, 2.75) is 58.0 Å². The van der Waals surface area contributed by atoms with Gasteiger partial charge in [-0.2, -0.15) is 0 Å². The number of nitrogens with zero attached hydrogens (tertiary/aromatic N) is 3. The van der Waals surface area contributed by atoms with E-state index in [2.05, 4.69) is 4.90 Å². The van der Waals surface area contributed by atoms with Crippen molar-refractivity contribution in [1.29, 1.82) is 0 Å². The fourth-order valence-corrected chi connectivity index (χ4v) is 6.36. The van der Waals surface area contributed by atoms with Crippen LogP contribution in [0.5, 0.6) is 0 Å². The lowest BCUT2D eigenvalue weighted by atomic mass is 10.1. The molecule has 2 saturated heterocycles. The van der Waals surface area contributed by atoms with E-state index in [4.69, 9.17) is 0 Å². The normalized spacial score (nSPS) is 26.6. The van der Waals surface area contributed by atoms with E-state index in [1.54, 1.807) is 0 Å². The maximum atomic E-state index is 13.1. The molecule has 0 bridgehead atoms. The molecule has 0 aromatic heterocycles. The van der Waals surface area contributed by atoms with Crippen LogP contribution in [0.1, 0.15) is 46.0 Å². The number of hydrogen-bond acceptors (Lipinski definition) is 5. The Kier molecular flexibility index (Phi) is 6.46. The summed E-state index contributed by atoms with van der Waals surface area (Å²) in [6.45, 7) is 6.87. The van der Waals surface area contributed by atoms with Crippen LogP contribution in [0, 0.1) is 5.92 Å². The van der Waals surface area contributed by atoms with Crippen molar-refractivity contribution < 1.29 is 18.0 Å². The molecule has 0 aromatic carbocycles. The summed E-state index contributed by atoms with van der Waals surface area (Å²) < 4.78 is 23.9. The van der Waals surface area contributed by atoms with Crippen LogP contribution in [0.25, 0.3) is 0 Å². The average molecular weight is 400 g/mol. The Labute approximate surface area is 163 Å². The smallest absolute Gasteiger partial charge is 0.237 e. The molecule has 154 valence electrons. The summed E-state index contributed by atoms with van der Waals surface area (Å²) in [6, 6.07) is 0.0361. The summed E-state index contributed by atoms with van der Waals surface area (Å²) in [7, 11) is -3.01. The van der Waals surface area contributed by atoms with E-state index in [-0.39, 0.29) is 41.3 Å². The number of hydrogen-bond donors (Lipinski definition) is 0. The van der Waals surface area contributed by atoms with Crippen LogP contribution in [-0.2, 0) is 19.4 Å². The molecule has 3 aliphatic rings. The van der Waals surface area contributed by atoms with Crippen molar-refractivity contribution >= 4 is 21.7 Å². The lowest BCUT2D eigenvalue weighted by Crippen LogP contribution is -2.55. The lowest BCUT2D eigenvalue weighted by molar-refractivity contribution is -0.139. The zero-order valence-electron chi connectivity index (χ0n) is 16.6. The van der Waals surface area contributed by atoms with E-state index in [0.29, 0.717) is 39.1 Å². The molecular formula is C19H33N3O4S. The molecule has 27 heavy (non-hydrogen) atoms. The van der Waals surface area contributed by atoms with Crippen molar-refractivity contribution in [2.24, 2.45) is 5.92 Å². The molecule has 1 atom stereocenters. The molecule has 2 aliphatic heterocycles. The van der Waals surface area contributed by atoms with Gasteiger partial charge in [0.25, 0.3) is 0 Å². The molecule has 2 heterocycles. The van der Waals surface area contributed by atoms with Crippen molar-refractivity contribution in [1.82, 2.24) is 14.7 Å². The minimum atomic E-state index is -3.01. The Morgan fingerprint density at radius 2 is 1.63 bits per heavy atom. The van der Waals surface area contributed by atoms with E-state index in [0.717, 1.165) is 25.7 Å². The third kappa shape index (κ3) is 5.02. The summed E-state index contributed by atoms with van der Waals surface area (Å²) in [5.41, 5.74) is 0. The second-order valence-electron chi connectivity index (χ2n) is 8.55. The number of sulfone groups is 1. The van der Waals surface area contributed by atoms with E-state index >= 15 is 0 Å². The quantitative estimate of drug-likeness (QED) is 0.682. The Morgan fingerprint density at radius 1 is 1.00 bits per heavy atom. The van der Waals surface area contributed by atoms with Gasteiger partial charge in [0, 0.05) is 44.2 Å². The second kappa shape index (κ2) is 8.47. The van der Waals surface area contributed by atoms with Crippen LogP contribution in [0.3, 0.4) is 0 Å². The maximum absolute atomic E-state index is 13.1. The predicted octanol–water partition coefficient (Wildman–Crippen LogP) is 0.745. The number of carbonyl (C=O) groups is 2. The first-order chi connectivity index (χ1) is 12.8. The maximum Gasteiger partial charge on any atom is 0.237 e. The lowest BCUT2D eigenvalue weighted by Gasteiger charge is -2.38. The van der Waals surface area contributed by atoms with Crippen molar-refractivity contribution in [2.75, 3.05) is 44.2 Å². The SMILES string of the molecule is CC(C)C(=O)N1CCN(CC(=O)N(C2CCCC2)C2CCS(=O)(=O)C2)CC1. The third-order valence-electron chi connectivity index (χ3n) is 6.14. The van der Waals surface area contributed by atoms with Crippen LogP contribution in [0.2, 0.25) is 0 Å². The predicted molar refractivity (Wildman–Crippen MR) is 104 cm³/mol. The fraction of sp³-hybridized carbons (Fsp3) is 0.895. The molecule has 1 aliphatic carbocycles. The van der Waals surface area contributed by atoms with Gasteiger partial charge in [0.2, 0.25) is 11.8 Å². The molecule has 8 heteroatoms. The Hall–Kier alpha value is -1.15. The Morgan fingerprint density at radius 3 is 2.15 bits per heavy atom. The van der Waals surface area contributed by atoms with Crippen LogP contribution >= 0.6 is 0 Å². The number of rotatable bonds is 5. The first-order valence-corrected chi connectivity index (χ1v) is 12.1. The monoisotopic (exact) mass is 399 g/mol. The minimum Gasteiger partial charge on any atom is -0.340 e. The summed E-state index contributed by atoms with van der Waals surface area (Å²) in [5.74, 6) is 0.550. The topological polar surface area (TPSA) is 78.0 Å². The van der Waals surface area contributed by atoms with Gasteiger partial charge in [0.1, 0.15) is 0 Å². The Balaban J connectivity index is 1.59. The van der Waals surface area contributed by atoms with Crippen molar-refractivity contribution in [3.8, 4) is 0 Å². The zero-order chi connectivity index (χ0) is 19.6. The highest BCUT2D eigenvalue weighted by atomic mass is 32.2. The van der Waals surface area contributed by atoms with Gasteiger partial charge in [-0.3, -0.25) is 14.5 Å². The minimum absolute atomic E-state index is 0.000329. The molecule has 0 N–H and O–H groups in total. The van der Waals surface area contributed by atoms with Crippen molar-refractivity contribution in [3.63, 3.8) is 0 Å². The molecule has 1 unspecified atom stereocenters. The molecular weight excluding hydrogens is 366 g/mol. The van der Waals surface area contributed by atoms with Crippen LogP contribution in [0.15, 0.2) is 0 Å². The molecule has 0 spiro atoms. The largest absolute Gasteiger partial charge is 0.340 e. The van der Waals surface area contributed by atoms with Gasteiger partial charge in [0.05, 0.1) is 18.1 Å². The van der Waals surface area contributed by atoms with Crippen LogP contribution in [0.4, 0.5) is 0 Å². The van der Waals surface area contributed by atoms with E-state index in [1.165, 1.54) is 0 Å². The first kappa shape index (κ1) is 20.6. The van der Waals surface area contributed by atoms with Crippen LogP contribution < -0.4 is 0 Å². The zero-order valence-corrected chi connectivity index (χ0v) is 17.4.